The average molecular weight is 390 g/mol. The molecule has 2 nitrogen and oxygen atoms in total. The number of thiophene rings is 1. The quantitative estimate of drug-likeness (QED) is 0.603. The molecule has 2 rings (SSSR count). The van der Waals surface area contributed by atoms with E-state index in [2.05, 4.69) is 74.5 Å². The second kappa shape index (κ2) is 6.30. The summed E-state index contributed by atoms with van der Waals surface area (Å²) >= 11 is 8.73. The molecule has 1 heterocycles. The van der Waals surface area contributed by atoms with Gasteiger partial charge in [0, 0.05) is 9.35 Å². The maximum Gasteiger partial charge on any atom is 0.0731 e. The van der Waals surface area contributed by atoms with Gasteiger partial charge >= 0.3 is 0 Å². The van der Waals surface area contributed by atoms with Crippen molar-refractivity contribution in [3.8, 4) is 0 Å². The highest BCUT2D eigenvalue weighted by Gasteiger charge is 2.14. The van der Waals surface area contributed by atoms with Crippen molar-refractivity contribution in [3.05, 3.63) is 54.6 Å². The molecule has 0 spiro atoms. The molecule has 0 radical (unpaired) electrons. The molecule has 0 amide bonds. The lowest BCUT2D eigenvalue weighted by Crippen LogP contribution is -2.28. The Morgan fingerprint density at radius 1 is 1.28 bits per heavy atom. The second-order valence-electron chi connectivity index (χ2n) is 4.16. The van der Waals surface area contributed by atoms with Gasteiger partial charge in [-0.2, -0.15) is 0 Å². The van der Waals surface area contributed by atoms with Crippen LogP contribution < -0.4 is 11.3 Å². The van der Waals surface area contributed by atoms with Crippen molar-refractivity contribution in [2.45, 2.75) is 19.4 Å². The summed E-state index contributed by atoms with van der Waals surface area (Å²) in [5.41, 5.74) is 5.42. The van der Waals surface area contributed by atoms with Gasteiger partial charge in [0.2, 0.25) is 0 Å². The predicted molar refractivity (Wildman–Crippen MR) is 84.7 cm³/mol. The molecule has 0 fully saturated rings. The first-order valence-corrected chi connectivity index (χ1v) is 7.97. The fraction of sp³-hybridized carbons (Fsp3) is 0.231. The summed E-state index contributed by atoms with van der Waals surface area (Å²) in [4.78, 5) is 1.25. The fourth-order valence-corrected chi connectivity index (χ4v) is 3.65. The van der Waals surface area contributed by atoms with E-state index in [-0.39, 0.29) is 6.04 Å². The third kappa shape index (κ3) is 3.42. The zero-order valence-corrected chi connectivity index (χ0v) is 13.9. The molecule has 0 aliphatic carbocycles. The van der Waals surface area contributed by atoms with Crippen molar-refractivity contribution >= 4 is 43.2 Å². The third-order valence-electron chi connectivity index (χ3n) is 2.77. The van der Waals surface area contributed by atoms with Crippen LogP contribution in [0.15, 0.2) is 38.6 Å². The van der Waals surface area contributed by atoms with Gasteiger partial charge in [-0.3, -0.25) is 11.3 Å². The SMILES string of the molecule is Cc1cc(C(Cc2ccc(Br)cc2)NN)sc1Br. The number of nitrogens with two attached hydrogens (primary N) is 1. The Kier molecular flexibility index (Phi) is 4.98. The zero-order valence-electron chi connectivity index (χ0n) is 9.91. The van der Waals surface area contributed by atoms with Crippen LogP contribution in [-0.2, 0) is 6.42 Å². The molecule has 3 N–H and O–H groups in total. The molecular formula is C13H14Br2N2S. The molecule has 2 aromatic rings. The van der Waals surface area contributed by atoms with Gasteiger partial charge in [0.25, 0.3) is 0 Å². The molecule has 1 atom stereocenters. The summed E-state index contributed by atoms with van der Waals surface area (Å²) < 4.78 is 2.27. The van der Waals surface area contributed by atoms with Crippen LogP contribution in [0.1, 0.15) is 22.0 Å². The fourth-order valence-electron chi connectivity index (χ4n) is 1.75. The Bertz CT molecular complexity index is 503. The standard InChI is InChI=1S/C13H14Br2N2S/c1-8-6-12(18-13(8)15)11(17-16)7-9-2-4-10(14)5-3-9/h2-6,11,17H,7,16H2,1H3. The highest BCUT2D eigenvalue weighted by atomic mass is 79.9. The molecule has 18 heavy (non-hydrogen) atoms. The molecule has 1 aromatic carbocycles. The normalized spacial score (nSPS) is 12.7. The van der Waals surface area contributed by atoms with Gasteiger partial charge in [0.1, 0.15) is 0 Å². The van der Waals surface area contributed by atoms with E-state index in [1.165, 1.54) is 19.8 Å². The highest BCUT2D eigenvalue weighted by molar-refractivity contribution is 9.11. The molecule has 96 valence electrons. The lowest BCUT2D eigenvalue weighted by molar-refractivity contribution is 0.560. The van der Waals surface area contributed by atoms with Crippen molar-refractivity contribution in [1.29, 1.82) is 0 Å². The van der Waals surface area contributed by atoms with Crippen LogP contribution in [0.4, 0.5) is 0 Å². The molecule has 0 saturated heterocycles. The lowest BCUT2D eigenvalue weighted by Gasteiger charge is -2.14. The number of benzene rings is 1. The first kappa shape index (κ1) is 14.2. The van der Waals surface area contributed by atoms with Gasteiger partial charge in [0.15, 0.2) is 0 Å². The third-order valence-corrected chi connectivity index (χ3v) is 5.55. The number of aryl methyl sites for hydroxylation is 1. The van der Waals surface area contributed by atoms with Crippen molar-refractivity contribution < 1.29 is 0 Å². The van der Waals surface area contributed by atoms with Crippen LogP contribution in [0.3, 0.4) is 0 Å². The monoisotopic (exact) mass is 388 g/mol. The number of hydrogen-bond acceptors (Lipinski definition) is 3. The number of rotatable bonds is 4. The lowest BCUT2D eigenvalue weighted by atomic mass is 10.1. The van der Waals surface area contributed by atoms with Gasteiger partial charge < -0.3 is 0 Å². The maximum atomic E-state index is 5.67. The minimum Gasteiger partial charge on any atom is -0.271 e. The van der Waals surface area contributed by atoms with Crippen LogP contribution in [0, 0.1) is 6.92 Å². The van der Waals surface area contributed by atoms with Crippen molar-refractivity contribution in [1.82, 2.24) is 5.43 Å². The number of nitrogens with one attached hydrogen (secondary N) is 1. The zero-order chi connectivity index (χ0) is 13.1. The van der Waals surface area contributed by atoms with Gasteiger partial charge in [-0.25, -0.2) is 0 Å². The summed E-state index contributed by atoms with van der Waals surface area (Å²) in [5.74, 6) is 5.67. The maximum absolute atomic E-state index is 5.67. The summed E-state index contributed by atoms with van der Waals surface area (Å²) in [7, 11) is 0. The number of hydrazine groups is 1. The number of halogens is 2. The van der Waals surface area contributed by atoms with E-state index in [1.54, 1.807) is 11.3 Å². The Morgan fingerprint density at radius 3 is 2.44 bits per heavy atom. The van der Waals surface area contributed by atoms with E-state index in [0.29, 0.717) is 0 Å². The minimum absolute atomic E-state index is 0.154. The van der Waals surface area contributed by atoms with Gasteiger partial charge in [-0.15, -0.1) is 11.3 Å². The summed E-state index contributed by atoms with van der Waals surface area (Å²) in [5, 5.41) is 0. The molecule has 1 aromatic heterocycles. The molecular weight excluding hydrogens is 376 g/mol. The van der Waals surface area contributed by atoms with E-state index in [1.807, 2.05) is 0 Å². The summed E-state index contributed by atoms with van der Waals surface area (Å²) in [6, 6.07) is 10.7. The van der Waals surface area contributed by atoms with Crippen LogP contribution in [-0.4, -0.2) is 0 Å². The molecule has 0 aliphatic heterocycles. The van der Waals surface area contributed by atoms with Crippen LogP contribution >= 0.6 is 43.2 Å². The first-order chi connectivity index (χ1) is 8.60. The van der Waals surface area contributed by atoms with E-state index in [4.69, 9.17) is 5.84 Å². The largest absolute Gasteiger partial charge is 0.271 e. The molecule has 1 unspecified atom stereocenters. The number of hydrogen-bond donors (Lipinski definition) is 2. The first-order valence-electron chi connectivity index (χ1n) is 5.56. The molecule has 5 heteroatoms. The van der Waals surface area contributed by atoms with E-state index >= 15 is 0 Å². The summed E-state index contributed by atoms with van der Waals surface area (Å²) in [6.45, 7) is 2.09. The van der Waals surface area contributed by atoms with Gasteiger partial charge in [0.05, 0.1) is 9.83 Å². The van der Waals surface area contributed by atoms with E-state index in [0.717, 1.165) is 10.9 Å². The summed E-state index contributed by atoms with van der Waals surface area (Å²) in [6.07, 6.45) is 0.885. The average Bonchev–Trinajstić information content (AvgIpc) is 2.69. The predicted octanol–water partition coefficient (Wildman–Crippen LogP) is 4.33. The molecule has 0 saturated carbocycles. The van der Waals surface area contributed by atoms with Gasteiger partial charge in [-0.1, -0.05) is 28.1 Å². The second-order valence-corrected chi connectivity index (χ2v) is 7.47. The topological polar surface area (TPSA) is 38.0 Å². The van der Waals surface area contributed by atoms with E-state index < -0.39 is 0 Å². The van der Waals surface area contributed by atoms with Crippen LogP contribution in [0.2, 0.25) is 0 Å². The highest BCUT2D eigenvalue weighted by Crippen LogP contribution is 2.32. The molecule has 0 bridgehead atoms. The Hall–Kier alpha value is -0.200. The Labute approximate surface area is 128 Å². The minimum atomic E-state index is 0.154. The molecule has 0 aliphatic rings. The van der Waals surface area contributed by atoms with Crippen molar-refractivity contribution in [2.75, 3.05) is 0 Å². The Balaban J connectivity index is 2.16. The van der Waals surface area contributed by atoms with Crippen molar-refractivity contribution in [3.63, 3.8) is 0 Å². The van der Waals surface area contributed by atoms with Crippen molar-refractivity contribution in [2.24, 2.45) is 5.84 Å². The van der Waals surface area contributed by atoms with Crippen LogP contribution in [0.25, 0.3) is 0 Å². The van der Waals surface area contributed by atoms with Gasteiger partial charge in [-0.05, 0) is 58.6 Å². The smallest absolute Gasteiger partial charge is 0.0731 e. The van der Waals surface area contributed by atoms with E-state index in [9.17, 15) is 0 Å². The van der Waals surface area contributed by atoms with Crippen LogP contribution in [0.5, 0.6) is 0 Å². The Morgan fingerprint density at radius 2 is 1.94 bits per heavy atom.